The summed E-state index contributed by atoms with van der Waals surface area (Å²) >= 11 is 0. The maximum absolute atomic E-state index is 12.6. The van der Waals surface area contributed by atoms with Crippen molar-refractivity contribution < 1.29 is 39.9 Å². The fourth-order valence-corrected chi connectivity index (χ4v) is 0.962. The molecule has 0 amide bonds. The van der Waals surface area contributed by atoms with Gasteiger partial charge in [-0.05, 0) is 0 Å². The van der Waals surface area contributed by atoms with Gasteiger partial charge in [-0.2, -0.15) is 0 Å². The Balaban J connectivity index is 4.68. The third-order valence-corrected chi connectivity index (χ3v) is 1.82. The fourth-order valence-electron chi connectivity index (χ4n) is 0.962. The topological polar surface area (TPSA) is 9.23 Å². The van der Waals surface area contributed by atoms with Crippen molar-refractivity contribution in [1.29, 1.82) is 0 Å². The first-order chi connectivity index (χ1) is 7.84. The Morgan fingerprint density at radius 3 is 1.12 bits per heavy atom. The van der Waals surface area contributed by atoms with E-state index in [0.717, 1.165) is 0 Å². The molecule has 4 unspecified atom stereocenters. The third kappa shape index (κ3) is 5.05. The number of rotatable bonds is 8. The van der Waals surface area contributed by atoms with Gasteiger partial charge in [0.05, 0.1) is 0 Å². The summed E-state index contributed by atoms with van der Waals surface area (Å²) in [7, 11) is 0. The number of hydrogen-bond acceptors (Lipinski definition) is 1. The van der Waals surface area contributed by atoms with Gasteiger partial charge in [0.1, 0.15) is 13.3 Å². The highest BCUT2D eigenvalue weighted by Gasteiger charge is 2.40. The van der Waals surface area contributed by atoms with Crippen LogP contribution in [0.4, 0.5) is 35.1 Å². The molecule has 0 saturated heterocycles. The van der Waals surface area contributed by atoms with E-state index in [4.69, 9.17) is 0 Å². The second kappa shape index (κ2) is 7.67. The van der Waals surface area contributed by atoms with Gasteiger partial charge in [0, 0.05) is 0 Å². The summed E-state index contributed by atoms with van der Waals surface area (Å²) in [5.74, 6) is 0. The molecule has 0 bridgehead atoms. The highest BCUT2D eigenvalue weighted by atomic mass is 19.3. The van der Waals surface area contributed by atoms with Gasteiger partial charge in [0.15, 0.2) is 24.6 Å². The molecule has 0 spiro atoms. The first-order valence-electron chi connectivity index (χ1n) is 4.47. The van der Waals surface area contributed by atoms with Gasteiger partial charge in [0.25, 0.3) is 12.9 Å². The summed E-state index contributed by atoms with van der Waals surface area (Å²) in [5.41, 5.74) is 0. The minimum absolute atomic E-state index is 1.91. The van der Waals surface area contributed by atoms with Gasteiger partial charge >= 0.3 is 0 Å². The minimum Gasteiger partial charge on any atom is -0.357 e. The lowest BCUT2D eigenvalue weighted by molar-refractivity contribution is -0.180. The molecule has 0 aromatic rings. The third-order valence-electron chi connectivity index (χ3n) is 1.82. The summed E-state index contributed by atoms with van der Waals surface area (Å²) < 4.78 is 101. The predicted octanol–water partition coefficient (Wildman–Crippen LogP) is 2.89. The Morgan fingerprint density at radius 1 is 0.647 bits per heavy atom. The quantitative estimate of drug-likeness (QED) is 0.618. The van der Waals surface area contributed by atoms with Crippen molar-refractivity contribution in [3.63, 3.8) is 0 Å². The average Bonchev–Trinajstić information content (AvgIpc) is 2.27. The zero-order valence-corrected chi connectivity index (χ0v) is 8.31. The largest absolute Gasteiger partial charge is 0.357 e. The molecule has 104 valence electrons. The molecule has 17 heavy (non-hydrogen) atoms. The summed E-state index contributed by atoms with van der Waals surface area (Å²) in [6.45, 7) is -3.81. The molecule has 4 atom stereocenters. The van der Waals surface area contributed by atoms with Gasteiger partial charge in [0.2, 0.25) is 0 Å². The van der Waals surface area contributed by atoms with E-state index in [0.29, 0.717) is 0 Å². The van der Waals surface area contributed by atoms with E-state index in [1.54, 1.807) is 0 Å². The monoisotopic (exact) mass is 274 g/mol. The number of ether oxygens (including phenoxy) is 1. The molecule has 0 radical (unpaired) electrons. The van der Waals surface area contributed by atoms with E-state index in [-0.39, 0.29) is 0 Å². The van der Waals surface area contributed by atoms with Crippen LogP contribution in [0.25, 0.3) is 0 Å². The van der Waals surface area contributed by atoms with Crippen molar-refractivity contribution in [3.8, 4) is 0 Å². The number of halogens is 8. The lowest BCUT2D eigenvalue weighted by Gasteiger charge is -2.26. The van der Waals surface area contributed by atoms with Crippen molar-refractivity contribution in [1.82, 2.24) is 0 Å². The van der Waals surface area contributed by atoms with Gasteiger partial charge in [-0.1, -0.05) is 0 Å². The lowest BCUT2D eigenvalue weighted by Crippen LogP contribution is -2.44. The van der Waals surface area contributed by atoms with Gasteiger partial charge in [-0.15, -0.1) is 0 Å². The van der Waals surface area contributed by atoms with E-state index >= 15 is 0 Å². The van der Waals surface area contributed by atoms with Crippen molar-refractivity contribution in [2.75, 3.05) is 13.3 Å². The van der Waals surface area contributed by atoms with E-state index in [2.05, 4.69) is 4.74 Å². The van der Waals surface area contributed by atoms with Crippen molar-refractivity contribution in [2.24, 2.45) is 0 Å². The Hall–Kier alpha value is -0.600. The fraction of sp³-hybridized carbons (Fsp3) is 1.00. The Morgan fingerprint density at radius 2 is 0.941 bits per heavy atom. The maximum Gasteiger partial charge on any atom is 0.267 e. The Labute approximate surface area is 91.7 Å². The second-order valence-corrected chi connectivity index (χ2v) is 3.07. The molecule has 0 saturated carbocycles. The number of hydrogen-bond donors (Lipinski definition) is 0. The smallest absolute Gasteiger partial charge is 0.267 e. The van der Waals surface area contributed by atoms with Crippen molar-refractivity contribution >= 4 is 0 Å². The molecule has 0 aliphatic rings. The van der Waals surface area contributed by atoms with Crippen LogP contribution in [0.3, 0.4) is 0 Å². The standard InChI is InChI=1S/C8H10F8O/c9-1-3(11)5(7(13)14)17-6(8(15)16)4(12)2-10/h3-8H,1-2H2. The molecule has 1 nitrogen and oxygen atoms in total. The van der Waals surface area contributed by atoms with E-state index in [1.807, 2.05) is 0 Å². The van der Waals surface area contributed by atoms with Crippen LogP contribution < -0.4 is 0 Å². The predicted molar refractivity (Wildman–Crippen MR) is 42.4 cm³/mol. The average molecular weight is 274 g/mol. The summed E-state index contributed by atoms with van der Waals surface area (Å²) in [4.78, 5) is 0. The molecule has 0 fully saturated rings. The molecule has 0 aromatic heterocycles. The Kier molecular flexibility index (Phi) is 7.40. The summed E-state index contributed by atoms with van der Waals surface area (Å²) in [6, 6.07) is 0. The lowest BCUT2D eigenvalue weighted by atomic mass is 10.2. The zero-order chi connectivity index (χ0) is 13.6. The van der Waals surface area contributed by atoms with Gasteiger partial charge in [-0.3, -0.25) is 0 Å². The van der Waals surface area contributed by atoms with E-state index < -0.39 is 50.8 Å². The highest BCUT2D eigenvalue weighted by molar-refractivity contribution is 4.78. The van der Waals surface area contributed by atoms with E-state index in [1.165, 1.54) is 0 Å². The van der Waals surface area contributed by atoms with Crippen LogP contribution in [0.5, 0.6) is 0 Å². The summed E-state index contributed by atoms with van der Waals surface area (Å²) in [6.07, 6.45) is -18.7. The highest BCUT2D eigenvalue weighted by Crippen LogP contribution is 2.22. The van der Waals surface area contributed by atoms with Gasteiger partial charge < -0.3 is 4.74 Å². The Bertz CT molecular complexity index is 182. The van der Waals surface area contributed by atoms with Crippen LogP contribution in [0, 0.1) is 0 Å². The molecular weight excluding hydrogens is 264 g/mol. The summed E-state index contributed by atoms with van der Waals surface area (Å²) in [5, 5.41) is 0. The van der Waals surface area contributed by atoms with E-state index in [9.17, 15) is 35.1 Å². The van der Waals surface area contributed by atoms with Crippen LogP contribution in [-0.2, 0) is 4.74 Å². The maximum atomic E-state index is 12.6. The molecule has 0 aliphatic heterocycles. The van der Waals surface area contributed by atoms with Gasteiger partial charge in [-0.25, -0.2) is 35.1 Å². The van der Waals surface area contributed by atoms with Crippen LogP contribution in [0.1, 0.15) is 0 Å². The van der Waals surface area contributed by atoms with Crippen molar-refractivity contribution in [3.05, 3.63) is 0 Å². The molecule has 0 N–H and O–H groups in total. The molecule has 0 aromatic carbocycles. The van der Waals surface area contributed by atoms with Crippen molar-refractivity contribution in [2.45, 2.75) is 37.4 Å². The molecule has 0 rings (SSSR count). The molecule has 9 heteroatoms. The molecule has 0 heterocycles. The van der Waals surface area contributed by atoms with Crippen LogP contribution in [-0.4, -0.2) is 50.8 Å². The minimum atomic E-state index is -3.63. The second-order valence-electron chi connectivity index (χ2n) is 3.07. The zero-order valence-electron chi connectivity index (χ0n) is 8.31. The van der Waals surface area contributed by atoms with Crippen LogP contribution >= 0.6 is 0 Å². The first-order valence-corrected chi connectivity index (χ1v) is 4.47. The van der Waals surface area contributed by atoms with Crippen LogP contribution in [0.2, 0.25) is 0 Å². The first kappa shape index (κ1) is 16.4. The molecule has 0 aliphatic carbocycles. The SMILES string of the molecule is FCC(F)C(OC(C(F)F)C(F)CF)C(F)F. The normalized spacial score (nSPS) is 19.4. The van der Waals surface area contributed by atoms with Crippen LogP contribution in [0.15, 0.2) is 0 Å². The molecular formula is C8H10F8O. The number of alkyl halides is 8.